The summed E-state index contributed by atoms with van der Waals surface area (Å²) in [5.41, 5.74) is 2.15. The highest BCUT2D eigenvalue weighted by atomic mass is 16.5. The Kier molecular flexibility index (Phi) is 4.69. The number of carbonyl (C=O) groups is 2. The summed E-state index contributed by atoms with van der Waals surface area (Å²) in [4.78, 5) is 26.3. The van der Waals surface area contributed by atoms with Gasteiger partial charge in [0.15, 0.2) is 11.9 Å². The van der Waals surface area contributed by atoms with Crippen LogP contribution >= 0.6 is 0 Å². The van der Waals surface area contributed by atoms with Gasteiger partial charge in [0, 0.05) is 18.5 Å². The predicted octanol–water partition coefficient (Wildman–Crippen LogP) is 3.61. The number of ketones is 1. The highest BCUT2D eigenvalue weighted by Crippen LogP contribution is 2.37. The highest BCUT2D eigenvalue weighted by molar-refractivity contribution is 6.03. The van der Waals surface area contributed by atoms with E-state index in [-0.39, 0.29) is 17.6 Å². The molecule has 4 nitrogen and oxygen atoms in total. The zero-order chi connectivity index (χ0) is 16.4. The van der Waals surface area contributed by atoms with Crippen molar-refractivity contribution in [1.82, 2.24) is 0 Å². The number of rotatable bonds is 5. The largest absolute Gasteiger partial charge is 0.478 e. The van der Waals surface area contributed by atoms with Gasteiger partial charge in [0.2, 0.25) is 0 Å². The van der Waals surface area contributed by atoms with E-state index < -0.39 is 6.10 Å². The van der Waals surface area contributed by atoms with E-state index in [1.165, 1.54) is 0 Å². The van der Waals surface area contributed by atoms with Gasteiger partial charge in [-0.05, 0) is 31.0 Å². The van der Waals surface area contributed by atoms with Gasteiger partial charge in [0.05, 0.1) is 5.69 Å². The number of benzene rings is 1. The number of nitrogens with zero attached hydrogens (tertiary/aromatic N) is 1. The Morgan fingerprint density at radius 2 is 2.09 bits per heavy atom. The third-order valence-corrected chi connectivity index (χ3v) is 3.69. The highest BCUT2D eigenvalue weighted by Gasteiger charge is 2.36. The molecule has 1 unspecified atom stereocenters. The first-order valence-corrected chi connectivity index (χ1v) is 7.64. The van der Waals surface area contributed by atoms with Gasteiger partial charge >= 0.3 is 0 Å². The van der Waals surface area contributed by atoms with E-state index in [1.54, 1.807) is 23.1 Å². The fraction of sp³-hybridized carbons (Fsp3) is 0.444. The third-order valence-electron chi connectivity index (χ3n) is 3.69. The summed E-state index contributed by atoms with van der Waals surface area (Å²) in [6.07, 6.45) is -0.0672. The average Bonchev–Trinajstić information content (AvgIpc) is 2.47. The average molecular weight is 301 g/mol. The van der Waals surface area contributed by atoms with Gasteiger partial charge in [-0.3, -0.25) is 9.59 Å². The van der Waals surface area contributed by atoms with Crippen molar-refractivity contribution in [2.75, 3.05) is 11.4 Å². The number of ether oxygens (including phenoxy) is 1. The van der Waals surface area contributed by atoms with E-state index in [9.17, 15) is 9.59 Å². The molecule has 0 radical (unpaired) electrons. The standard InChI is InChI=1S/C18H23NO3/c1-6-15(20)13-7-8-16-14(9-13)19(10-11(2)3)18(21)17(22-16)12(4)5/h7-9,12,17H,2,6,10H2,1,3-5H3. The maximum absolute atomic E-state index is 12.7. The molecular weight excluding hydrogens is 278 g/mol. The monoisotopic (exact) mass is 301 g/mol. The van der Waals surface area contributed by atoms with Gasteiger partial charge in [-0.1, -0.05) is 32.9 Å². The van der Waals surface area contributed by atoms with Gasteiger partial charge in [0.1, 0.15) is 5.75 Å². The van der Waals surface area contributed by atoms with Crippen molar-refractivity contribution in [3.8, 4) is 5.75 Å². The normalized spacial score (nSPS) is 17.2. The molecule has 1 amide bonds. The first-order chi connectivity index (χ1) is 10.3. The second-order valence-corrected chi connectivity index (χ2v) is 6.12. The van der Waals surface area contributed by atoms with Gasteiger partial charge < -0.3 is 9.64 Å². The maximum atomic E-state index is 12.7. The first-order valence-electron chi connectivity index (χ1n) is 7.64. The molecule has 4 heteroatoms. The minimum atomic E-state index is -0.500. The second-order valence-electron chi connectivity index (χ2n) is 6.12. The van der Waals surface area contributed by atoms with Crippen molar-refractivity contribution in [3.63, 3.8) is 0 Å². The van der Waals surface area contributed by atoms with E-state index >= 15 is 0 Å². The summed E-state index contributed by atoms with van der Waals surface area (Å²) in [6.45, 7) is 12.0. The molecule has 22 heavy (non-hydrogen) atoms. The smallest absolute Gasteiger partial charge is 0.268 e. The zero-order valence-corrected chi connectivity index (χ0v) is 13.7. The van der Waals surface area contributed by atoms with Crippen molar-refractivity contribution < 1.29 is 14.3 Å². The molecule has 1 aromatic carbocycles. The summed E-state index contributed by atoms with van der Waals surface area (Å²) < 4.78 is 5.85. The fourth-order valence-corrected chi connectivity index (χ4v) is 2.52. The lowest BCUT2D eigenvalue weighted by atomic mass is 10.0. The molecule has 0 aromatic heterocycles. The molecule has 0 saturated carbocycles. The van der Waals surface area contributed by atoms with Crippen LogP contribution in [-0.2, 0) is 4.79 Å². The SMILES string of the molecule is C=C(C)CN1C(=O)C(C(C)C)Oc2ccc(C(=O)CC)cc21. The van der Waals surface area contributed by atoms with E-state index in [0.717, 1.165) is 5.57 Å². The van der Waals surface area contributed by atoms with Crippen LogP contribution in [0.25, 0.3) is 0 Å². The van der Waals surface area contributed by atoms with Crippen molar-refractivity contribution in [1.29, 1.82) is 0 Å². The molecule has 2 rings (SSSR count). The fourth-order valence-electron chi connectivity index (χ4n) is 2.52. The Hall–Kier alpha value is -2.10. The Bertz CT molecular complexity index is 619. The lowest BCUT2D eigenvalue weighted by Gasteiger charge is -2.36. The van der Waals surface area contributed by atoms with Crippen LogP contribution in [0.1, 0.15) is 44.5 Å². The molecule has 1 aliphatic heterocycles. The molecule has 1 aliphatic rings. The topological polar surface area (TPSA) is 46.6 Å². The van der Waals surface area contributed by atoms with Crippen molar-refractivity contribution >= 4 is 17.4 Å². The Morgan fingerprint density at radius 3 is 2.64 bits per heavy atom. The minimum absolute atomic E-state index is 0.0523. The van der Waals surface area contributed by atoms with E-state index in [0.29, 0.717) is 30.0 Å². The van der Waals surface area contributed by atoms with Gasteiger partial charge in [0.25, 0.3) is 5.91 Å². The summed E-state index contributed by atoms with van der Waals surface area (Å²) in [5.74, 6) is 0.695. The summed E-state index contributed by atoms with van der Waals surface area (Å²) in [7, 11) is 0. The molecule has 0 bridgehead atoms. The van der Waals surface area contributed by atoms with Gasteiger partial charge in [-0.25, -0.2) is 0 Å². The number of anilines is 1. The Balaban J connectivity index is 2.50. The van der Waals surface area contributed by atoms with Crippen molar-refractivity contribution in [2.45, 2.75) is 40.2 Å². The molecule has 0 N–H and O–H groups in total. The zero-order valence-electron chi connectivity index (χ0n) is 13.7. The minimum Gasteiger partial charge on any atom is -0.478 e. The van der Waals surface area contributed by atoms with Gasteiger partial charge in [-0.2, -0.15) is 0 Å². The molecule has 1 heterocycles. The number of carbonyl (C=O) groups excluding carboxylic acids is 2. The number of hydrogen-bond donors (Lipinski definition) is 0. The Morgan fingerprint density at radius 1 is 1.41 bits per heavy atom. The lowest BCUT2D eigenvalue weighted by Crippen LogP contribution is -2.48. The van der Waals surface area contributed by atoms with Crippen LogP contribution in [0, 0.1) is 5.92 Å². The van der Waals surface area contributed by atoms with Crippen LogP contribution in [0.4, 0.5) is 5.69 Å². The predicted molar refractivity (Wildman–Crippen MR) is 87.5 cm³/mol. The molecule has 0 spiro atoms. The van der Waals surface area contributed by atoms with Crippen LogP contribution in [0.5, 0.6) is 5.75 Å². The van der Waals surface area contributed by atoms with Crippen LogP contribution in [0.3, 0.4) is 0 Å². The van der Waals surface area contributed by atoms with Crippen LogP contribution < -0.4 is 9.64 Å². The van der Waals surface area contributed by atoms with Gasteiger partial charge in [-0.15, -0.1) is 0 Å². The summed E-state index contributed by atoms with van der Waals surface area (Å²) in [6, 6.07) is 5.29. The number of fused-ring (bicyclic) bond motifs is 1. The van der Waals surface area contributed by atoms with Crippen molar-refractivity contribution in [3.05, 3.63) is 35.9 Å². The first kappa shape index (κ1) is 16.3. The third kappa shape index (κ3) is 3.06. The molecular formula is C18H23NO3. The van der Waals surface area contributed by atoms with E-state index in [4.69, 9.17) is 4.74 Å². The Labute approximate surface area is 131 Å². The quantitative estimate of drug-likeness (QED) is 0.616. The molecule has 1 atom stereocenters. The summed E-state index contributed by atoms with van der Waals surface area (Å²) in [5, 5.41) is 0. The number of Topliss-reactive ketones (excluding diaryl/α,β-unsaturated/α-hetero) is 1. The van der Waals surface area contributed by atoms with Crippen LogP contribution in [0.15, 0.2) is 30.4 Å². The molecule has 0 fully saturated rings. The number of hydrogen-bond acceptors (Lipinski definition) is 3. The lowest BCUT2D eigenvalue weighted by molar-refractivity contribution is -0.128. The second kappa shape index (κ2) is 6.34. The number of amides is 1. The van der Waals surface area contributed by atoms with Crippen LogP contribution in [-0.4, -0.2) is 24.3 Å². The van der Waals surface area contributed by atoms with Crippen LogP contribution in [0.2, 0.25) is 0 Å². The molecule has 0 aliphatic carbocycles. The molecule has 0 saturated heterocycles. The summed E-state index contributed by atoms with van der Waals surface area (Å²) >= 11 is 0. The van der Waals surface area contributed by atoms with E-state index in [1.807, 2.05) is 27.7 Å². The molecule has 118 valence electrons. The molecule has 1 aromatic rings. The van der Waals surface area contributed by atoms with Crippen molar-refractivity contribution in [2.24, 2.45) is 5.92 Å². The van der Waals surface area contributed by atoms with E-state index in [2.05, 4.69) is 6.58 Å². The maximum Gasteiger partial charge on any atom is 0.268 e.